The summed E-state index contributed by atoms with van der Waals surface area (Å²) in [4.78, 5) is 31.2. The Morgan fingerprint density at radius 2 is 1.88 bits per heavy atom. The van der Waals surface area contributed by atoms with Crippen molar-refractivity contribution in [2.24, 2.45) is 14.1 Å². The number of aromatic hydroxyl groups is 1. The second-order valence-electron chi connectivity index (χ2n) is 7.56. The first-order valence-electron chi connectivity index (χ1n) is 9.84. The quantitative estimate of drug-likeness (QED) is 0.438. The summed E-state index contributed by atoms with van der Waals surface area (Å²) in [5, 5.41) is 18.0. The van der Waals surface area contributed by atoms with Crippen molar-refractivity contribution in [3.63, 3.8) is 0 Å². The third-order valence-electron chi connectivity index (χ3n) is 5.11. The molecule has 0 amide bonds. The largest absolute Gasteiger partial charge is 0.501 e. The summed E-state index contributed by atoms with van der Waals surface area (Å²) in [5.41, 5.74) is 2.61. The van der Waals surface area contributed by atoms with Crippen molar-refractivity contribution in [3.8, 4) is 16.9 Å². The van der Waals surface area contributed by atoms with Gasteiger partial charge in [0.1, 0.15) is 6.26 Å². The highest BCUT2D eigenvalue weighted by Gasteiger charge is 2.22. The summed E-state index contributed by atoms with van der Waals surface area (Å²) in [6.07, 6.45) is 6.39. The summed E-state index contributed by atoms with van der Waals surface area (Å²) in [6, 6.07) is 7.96. The molecular weight excluding hydrogens is 412 g/mol. The third-order valence-corrected chi connectivity index (χ3v) is 5.11. The highest BCUT2D eigenvalue weighted by molar-refractivity contribution is 5.98. The Labute approximate surface area is 183 Å². The number of ketones is 1. The molecule has 0 atom stereocenters. The molecule has 1 aromatic carbocycles. The standard InChI is InChI=1S/C22H22N6O4/c1-26(11-14-4-6-16(7-5-14)17-10-23-27(2)12-17)22-25-19(20(30)21(31)28(22)3)18(29)8-15-9-24-32-13-15/h4-7,9-10,12-13,30H,8,11H2,1-3H3. The van der Waals surface area contributed by atoms with Crippen LogP contribution in [-0.4, -0.2) is 42.4 Å². The van der Waals surface area contributed by atoms with Crippen LogP contribution in [0.25, 0.3) is 11.1 Å². The first-order chi connectivity index (χ1) is 15.3. The van der Waals surface area contributed by atoms with Crippen molar-refractivity contribution in [3.05, 3.63) is 76.3 Å². The van der Waals surface area contributed by atoms with Gasteiger partial charge in [-0.1, -0.05) is 29.4 Å². The van der Waals surface area contributed by atoms with Crippen LogP contribution < -0.4 is 10.5 Å². The van der Waals surface area contributed by atoms with Crippen LogP contribution in [0, 0.1) is 0 Å². The van der Waals surface area contributed by atoms with Gasteiger partial charge in [-0.2, -0.15) is 5.10 Å². The maximum atomic E-state index is 12.6. The summed E-state index contributed by atoms with van der Waals surface area (Å²) in [6.45, 7) is 0.442. The van der Waals surface area contributed by atoms with E-state index in [-0.39, 0.29) is 18.1 Å². The highest BCUT2D eigenvalue weighted by atomic mass is 16.5. The number of hydrogen-bond acceptors (Lipinski definition) is 8. The zero-order chi connectivity index (χ0) is 22.8. The van der Waals surface area contributed by atoms with E-state index in [4.69, 9.17) is 4.52 Å². The van der Waals surface area contributed by atoms with E-state index in [1.54, 1.807) is 22.8 Å². The molecule has 0 saturated carbocycles. The highest BCUT2D eigenvalue weighted by Crippen LogP contribution is 2.21. The zero-order valence-corrected chi connectivity index (χ0v) is 17.9. The van der Waals surface area contributed by atoms with Gasteiger partial charge in [0.15, 0.2) is 11.5 Å². The van der Waals surface area contributed by atoms with Crippen LogP contribution in [-0.2, 0) is 27.1 Å². The fraction of sp³-hybridized carbons (Fsp3) is 0.227. The second kappa shape index (κ2) is 8.50. The number of carbonyl (C=O) groups excluding carboxylic acids is 1. The Kier molecular flexibility index (Phi) is 5.59. The lowest BCUT2D eigenvalue weighted by molar-refractivity contribution is 0.0984. The van der Waals surface area contributed by atoms with Gasteiger partial charge < -0.3 is 14.5 Å². The predicted octanol–water partition coefficient (Wildman–Crippen LogP) is 1.94. The normalized spacial score (nSPS) is 11.0. The summed E-state index contributed by atoms with van der Waals surface area (Å²) < 4.78 is 7.69. The molecule has 32 heavy (non-hydrogen) atoms. The number of rotatable bonds is 7. The van der Waals surface area contributed by atoms with Crippen LogP contribution in [0.2, 0.25) is 0 Å². The molecule has 3 aromatic heterocycles. The lowest BCUT2D eigenvalue weighted by Crippen LogP contribution is -2.30. The Hall–Kier alpha value is -4.21. The van der Waals surface area contributed by atoms with Crippen LogP contribution in [0.15, 0.2) is 58.4 Å². The summed E-state index contributed by atoms with van der Waals surface area (Å²) in [7, 11) is 5.13. The van der Waals surface area contributed by atoms with E-state index in [0.29, 0.717) is 12.1 Å². The van der Waals surface area contributed by atoms with Gasteiger partial charge in [-0.15, -0.1) is 0 Å². The fourth-order valence-electron chi connectivity index (χ4n) is 3.42. The summed E-state index contributed by atoms with van der Waals surface area (Å²) >= 11 is 0. The first kappa shape index (κ1) is 21.0. The fourth-order valence-corrected chi connectivity index (χ4v) is 3.42. The minimum atomic E-state index is -0.692. The van der Waals surface area contributed by atoms with Gasteiger partial charge in [-0.05, 0) is 11.1 Å². The molecule has 0 fully saturated rings. The van der Waals surface area contributed by atoms with Gasteiger partial charge in [-0.25, -0.2) is 4.98 Å². The first-order valence-corrected chi connectivity index (χ1v) is 9.84. The van der Waals surface area contributed by atoms with E-state index in [0.717, 1.165) is 16.7 Å². The van der Waals surface area contributed by atoms with Gasteiger partial charge in [0.05, 0.1) is 12.4 Å². The minimum absolute atomic E-state index is 0.0871. The Bertz CT molecular complexity index is 1310. The number of carbonyl (C=O) groups is 1. The van der Waals surface area contributed by atoms with Crippen LogP contribution in [0.1, 0.15) is 21.6 Å². The Morgan fingerprint density at radius 1 is 1.12 bits per heavy atom. The molecule has 10 heteroatoms. The number of aromatic nitrogens is 5. The molecule has 10 nitrogen and oxygen atoms in total. The van der Waals surface area contributed by atoms with Gasteiger partial charge >= 0.3 is 0 Å². The lowest BCUT2D eigenvalue weighted by atomic mass is 10.1. The van der Waals surface area contributed by atoms with E-state index in [9.17, 15) is 14.7 Å². The van der Waals surface area contributed by atoms with Gasteiger partial charge in [0.25, 0.3) is 5.56 Å². The molecular formula is C22H22N6O4. The van der Waals surface area contributed by atoms with E-state index in [1.165, 1.54) is 24.1 Å². The lowest BCUT2D eigenvalue weighted by Gasteiger charge is -2.21. The minimum Gasteiger partial charge on any atom is -0.501 e. The third kappa shape index (κ3) is 4.15. The monoisotopic (exact) mass is 434 g/mol. The number of benzene rings is 1. The van der Waals surface area contributed by atoms with E-state index < -0.39 is 17.1 Å². The second-order valence-corrected chi connectivity index (χ2v) is 7.56. The van der Waals surface area contributed by atoms with E-state index in [2.05, 4.69) is 15.2 Å². The Morgan fingerprint density at radius 3 is 2.50 bits per heavy atom. The van der Waals surface area contributed by atoms with Gasteiger partial charge in [0.2, 0.25) is 11.7 Å². The predicted molar refractivity (Wildman–Crippen MR) is 116 cm³/mol. The molecule has 0 spiro atoms. The Balaban J connectivity index is 1.57. The zero-order valence-electron chi connectivity index (χ0n) is 17.9. The number of nitrogens with zero attached hydrogens (tertiary/aromatic N) is 6. The van der Waals surface area contributed by atoms with Crippen LogP contribution >= 0.6 is 0 Å². The van der Waals surface area contributed by atoms with Crippen LogP contribution in [0.5, 0.6) is 5.75 Å². The maximum absolute atomic E-state index is 12.6. The van der Waals surface area contributed by atoms with Gasteiger partial charge in [0, 0.05) is 51.4 Å². The summed E-state index contributed by atoms with van der Waals surface area (Å²) in [5.74, 6) is -0.913. The van der Waals surface area contributed by atoms with Crippen molar-refractivity contribution in [2.75, 3.05) is 11.9 Å². The van der Waals surface area contributed by atoms with E-state index in [1.807, 2.05) is 37.5 Å². The van der Waals surface area contributed by atoms with Crippen molar-refractivity contribution in [1.82, 2.24) is 24.5 Å². The molecule has 0 aliphatic heterocycles. The molecule has 0 aliphatic rings. The van der Waals surface area contributed by atoms with Gasteiger partial charge in [-0.3, -0.25) is 18.8 Å². The molecule has 0 bridgehead atoms. The van der Waals surface area contributed by atoms with Crippen molar-refractivity contribution < 1.29 is 14.4 Å². The average Bonchev–Trinajstić information content (AvgIpc) is 3.44. The molecule has 4 aromatic rings. The molecule has 0 unspecified atom stereocenters. The number of Topliss-reactive ketones (excluding diaryl/α,β-unsaturated/α-hetero) is 1. The molecule has 1 N–H and O–H groups in total. The molecule has 0 saturated heterocycles. The molecule has 3 heterocycles. The smallest absolute Gasteiger partial charge is 0.297 e. The van der Waals surface area contributed by atoms with E-state index >= 15 is 0 Å². The number of aryl methyl sites for hydroxylation is 1. The topological polar surface area (TPSA) is 119 Å². The van der Waals surface area contributed by atoms with Crippen molar-refractivity contribution in [1.29, 1.82) is 0 Å². The van der Waals surface area contributed by atoms with Crippen LogP contribution in [0.4, 0.5) is 5.95 Å². The molecule has 0 radical (unpaired) electrons. The van der Waals surface area contributed by atoms with Crippen LogP contribution in [0.3, 0.4) is 0 Å². The molecule has 4 rings (SSSR count). The van der Waals surface area contributed by atoms with Crippen molar-refractivity contribution in [2.45, 2.75) is 13.0 Å². The van der Waals surface area contributed by atoms with Crippen molar-refractivity contribution >= 4 is 11.7 Å². The maximum Gasteiger partial charge on any atom is 0.297 e. The number of anilines is 1. The average molecular weight is 434 g/mol. The number of hydrogen-bond donors (Lipinski definition) is 1. The molecule has 0 aliphatic carbocycles. The SMILES string of the molecule is CN(Cc1ccc(-c2cnn(C)c2)cc1)c1nc(C(=O)Cc2cnoc2)c(O)c(=O)n1C. The molecule has 164 valence electrons.